The van der Waals surface area contributed by atoms with Gasteiger partial charge < -0.3 is 24.0 Å². The molecule has 0 aliphatic carbocycles. The summed E-state index contributed by atoms with van der Waals surface area (Å²) in [6.45, 7) is 2.83. The maximum absolute atomic E-state index is 12.6. The molecule has 118 valence electrons. The summed E-state index contributed by atoms with van der Waals surface area (Å²) in [6.07, 6.45) is 0. The highest BCUT2D eigenvalue weighted by Gasteiger charge is 2.35. The van der Waals surface area contributed by atoms with E-state index < -0.39 is 6.04 Å². The molecular weight excluding hydrogens is 288 g/mol. The number of methoxy groups -OCH3 is 1. The molecule has 2 aliphatic heterocycles. The summed E-state index contributed by atoms with van der Waals surface area (Å²) in [5.74, 6) is 1.03. The fourth-order valence-corrected chi connectivity index (χ4v) is 2.73. The number of amides is 2. The molecule has 1 fully saturated rings. The number of anilines is 1. The van der Waals surface area contributed by atoms with Crippen molar-refractivity contribution in [2.24, 2.45) is 0 Å². The van der Waals surface area contributed by atoms with E-state index in [0.29, 0.717) is 24.6 Å². The highest BCUT2D eigenvalue weighted by atomic mass is 16.7. The van der Waals surface area contributed by atoms with Gasteiger partial charge in [-0.3, -0.25) is 9.59 Å². The van der Waals surface area contributed by atoms with Gasteiger partial charge in [0.15, 0.2) is 11.5 Å². The van der Waals surface area contributed by atoms with Gasteiger partial charge in [0.2, 0.25) is 18.6 Å². The van der Waals surface area contributed by atoms with Crippen molar-refractivity contribution in [3.8, 4) is 11.5 Å². The van der Waals surface area contributed by atoms with Gasteiger partial charge in [-0.25, -0.2) is 0 Å². The normalized spacial score (nSPS) is 20.5. The lowest BCUT2D eigenvalue weighted by Gasteiger charge is -2.39. The molecule has 3 rings (SSSR count). The molecule has 1 unspecified atom stereocenters. The van der Waals surface area contributed by atoms with Crippen molar-refractivity contribution in [2.45, 2.75) is 13.0 Å². The fraction of sp³-hybridized carbons (Fsp3) is 0.467. The Balaban J connectivity index is 1.77. The third kappa shape index (κ3) is 2.48. The van der Waals surface area contributed by atoms with Crippen LogP contribution in [0.1, 0.15) is 6.92 Å². The molecule has 2 aliphatic rings. The highest BCUT2D eigenvalue weighted by molar-refractivity contribution is 6.00. The van der Waals surface area contributed by atoms with E-state index in [9.17, 15) is 9.59 Å². The number of hydrogen-bond acceptors (Lipinski definition) is 5. The SMILES string of the molecule is COCC(=O)N1CCN(c2ccc3c(c2)OCO3)C(=O)C1C. The second-order valence-electron chi connectivity index (χ2n) is 5.22. The van der Waals surface area contributed by atoms with Gasteiger partial charge in [-0.2, -0.15) is 0 Å². The van der Waals surface area contributed by atoms with Gasteiger partial charge in [0.25, 0.3) is 0 Å². The van der Waals surface area contributed by atoms with Crippen molar-refractivity contribution < 1.29 is 23.8 Å². The molecule has 7 heteroatoms. The van der Waals surface area contributed by atoms with Crippen LogP contribution in [0.5, 0.6) is 11.5 Å². The molecule has 1 saturated heterocycles. The highest BCUT2D eigenvalue weighted by Crippen LogP contribution is 2.36. The second kappa shape index (κ2) is 5.84. The smallest absolute Gasteiger partial charge is 0.249 e. The first-order chi connectivity index (χ1) is 10.6. The summed E-state index contributed by atoms with van der Waals surface area (Å²) in [6, 6.07) is 4.89. The van der Waals surface area contributed by atoms with Crippen LogP contribution in [-0.2, 0) is 14.3 Å². The standard InChI is InChI=1S/C15H18N2O5/c1-10-15(19)17(6-5-16(10)14(18)8-20-2)11-3-4-12-13(7-11)22-9-21-12/h3-4,7,10H,5-6,8-9H2,1-2H3. The van der Waals surface area contributed by atoms with E-state index in [1.165, 1.54) is 7.11 Å². The number of hydrogen-bond donors (Lipinski definition) is 0. The molecule has 0 spiro atoms. The largest absolute Gasteiger partial charge is 0.454 e. The van der Waals surface area contributed by atoms with Crippen molar-refractivity contribution in [3.05, 3.63) is 18.2 Å². The van der Waals surface area contributed by atoms with Crippen LogP contribution in [0.25, 0.3) is 0 Å². The number of ether oxygens (including phenoxy) is 3. The molecule has 0 aromatic heterocycles. The summed E-state index contributed by atoms with van der Waals surface area (Å²) in [5.41, 5.74) is 0.750. The monoisotopic (exact) mass is 306 g/mol. The lowest BCUT2D eigenvalue weighted by atomic mass is 10.1. The third-order valence-corrected chi connectivity index (χ3v) is 3.91. The van der Waals surface area contributed by atoms with Crippen molar-refractivity contribution in [3.63, 3.8) is 0 Å². The Morgan fingerprint density at radius 3 is 2.86 bits per heavy atom. The van der Waals surface area contributed by atoms with Crippen LogP contribution in [-0.4, -0.2) is 56.4 Å². The van der Waals surface area contributed by atoms with E-state index in [0.717, 1.165) is 5.69 Å². The molecule has 2 amide bonds. The zero-order chi connectivity index (χ0) is 15.7. The minimum atomic E-state index is -0.512. The lowest BCUT2D eigenvalue weighted by Crippen LogP contribution is -2.58. The number of piperazine rings is 1. The van der Waals surface area contributed by atoms with E-state index >= 15 is 0 Å². The molecule has 0 N–H and O–H groups in total. The first kappa shape index (κ1) is 14.6. The predicted octanol–water partition coefficient (Wildman–Crippen LogP) is 0.625. The Hall–Kier alpha value is -2.28. The Morgan fingerprint density at radius 2 is 2.09 bits per heavy atom. The van der Waals surface area contributed by atoms with E-state index in [2.05, 4.69) is 0 Å². The maximum atomic E-state index is 12.6. The summed E-state index contributed by atoms with van der Waals surface area (Å²) >= 11 is 0. The number of benzene rings is 1. The van der Waals surface area contributed by atoms with Gasteiger partial charge in [-0.15, -0.1) is 0 Å². The number of carbonyl (C=O) groups is 2. The van der Waals surface area contributed by atoms with Gasteiger partial charge in [-0.05, 0) is 19.1 Å². The Labute approximate surface area is 128 Å². The number of carbonyl (C=O) groups excluding carboxylic acids is 2. The van der Waals surface area contributed by atoms with E-state index in [1.54, 1.807) is 28.9 Å². The van der Waals surface area contributed by atoms with Gasteiger partial charge in [-0.1, -0.05) is 0 Å². The van der Waals surface area contributed by atoms with Crippen LogP contribution in [0, 0.1) is 0 Å². The van der Waals surface area contributed by atoms with Gasteiger partial charge >= 0.3 is 0 Å². The second-order valence-corrected chi connectivity index (χ2v) is 5.22. The van der Waals surface area contributed by atoms with Gasteiger partial charge in [0.05, 0.1) is 0 Å². The van der Waals surface area contributed by atoms with Crippen LogP contribution in [0.2, 0.25) is 0 Å². The molecule has 1 atom stereocenters. The van der Waals surface area contributed by atoms with E-state index in [-0.39, 0.29) is 25.2 Å². The first-order valence-electron chi connectivity index (χ1n) is 7.11. The Bertz CT molecular complexity index is 604. The Kier molecular flexibility index (Phi) is 3.89. The molecule has 0 bridgehead atoms. The van der Waals surface area contributed by atoms with Crippen LogP contribution in [0.4, 0.5) is 5.69 Å². The Morgan fingerprint density at radius 1 is 1.32 bits per heavy atom. The van der Waals surface area contributed by atoms with E-state index in [4.69, 9.17) is 14.2 Å². The summed E-state index contributed by atoms with van der Waals surface area (Å²) in [4.78, 5) is 27.7. The average Bonchev–Trinajstić information content (AvgIpc) is 2.97. The molecule has 22 heavy (non-hydrogen) atoms. The van der Waals surface area contributed by atoms with Crippen molar-refractivity contribution in [1.29, 1.82) is 0 Å². The zero-order valence-corrected chi connectivity index (χ0v) is 12.6. The van der Waals surface area contributed by atoms with Crippen molar-refractivity contribution >= 4 is 17.5 Å². The summed E-state index contributed by atoms with van der Waals surface area (Å²) in [7, 11) is 1.47. The lowest BCUT2D eigenvalue weighted by molar-refractivity contribution is -0.143. The molecule has 7 nitrogen and oxygen atoms in total. The molecule has 0 saturated carbocycles. The van der Waals surface area contributed by atoms with Crippen molar-refractivity contribution in [2.75, 3.05) is 38.5 Å². The fourth-order valence-electron chi connectivity index (χ4n) is 2.73. The zero-order valence-electron chi connectivity index (χ0n) is 12.6. The van der Waals surface area contributed by atoms with Gasteiger partial charge in [0.1, 0.15) is 12.6 Å². The molecule has 2 heterocycles. The molecule has 0 radical (unpaired) electrons. The van der Waals surface area contributed by atoms with Crippen LogP contribution < -0.4 is 14.4 Å². The topological polar surface area (TPSA) is 68.3 Å². The van der Waals surface area contributed by atoms with Crippen LogP contribution >= 0.6 is 0 Å². The maximum Gasteiger partial charge on any atom is 0.249 e. The number of nitrogens with zero attached hydrogens (tertiary/aromatic N) is 2. The number of fused-ring (bicyclic) bond motifs is 1. The minimum absolute atomic E-state index is 0.0123. The van der Waals surface area contributed by atoms with E-state index in [1.807, 2.05) is 6.07 Å². The van der Waals surface area contributed by atoms with Crippen molar-refractivity contribution in [1.82, 2.24) is 4.90 Å². The molecule has 1 aromatic carbocycles. The first-order valence-corrected chi connectivity index (χ1v) is 7.11. The third-order valence-electron chi connectivity index (χ3n) is 3.91. The predicted molar refractivity (Wildman–Crippen MR) is 78.0 cm³/mol. The van der Waals surface area contributed by atoms with Crippen LogP contribution in [0.3, 0.4) is 0 Å². The van der Waals surface area contributed by atoms with Crippen LogP contribution in [0.15, 0.2) is 18.2 Å². The quantitative estimate of drug-likeness (QED) is 0.819. The summed E-state index contributed by atoms with van der Waals surface area (Å²) in [5, 5.41) is 0. The minimum Gasteiger partial charge on any atom is -0.454 e. The summed E-state index contributed by atoms with van der Waals surface area (Å²) < 4.78 is 15.5. The molecule has 1 aromatic rings. The molecular formula is C15H18N2O5. The average molecular weight is 306 g/mol. The number of rotatable bonds is 3. The van der Waals surface area contributed by atoms with Gasteiger partial charge in [0, 0.05) is 32.0 Å².